The number of hydrogen-bond acceptors (Lipinski definition) is 1. The second-order valence-electron chi connectivity index (χ2n) is 4.59. The van der Waals surface area contributed by atoms with E-state index in [1.807, 2.05) is 6.92 Å². The molecule has 2 unspecified atom stereocenters. The molecular formula is C13H20O. The summed E-state index contributed by atoms with van der Waals surface area (Å²) in [5, 5.41) is 10.4. The van der Waals surface area contributed by atoms with Crippen LogP contribution in [0.2, 0.25) is 0 Å². The molecule has 14 heavy (non-hydrogen) atoms. The first kappa shape index (κ1) is 11.3. The van der Waals surface area contributed by atoms with Crippen LogP contribution >= 0.6 is 0 Å². The number of aliphatic hydroxyl groups is 1. The van der Waals surface area contributed by atoms with Crippen molar-refractivity contribution in [3.05, 3.63) is 12.2 Å². The van der Waals surface area contributed by atoms with Gasteiger partial charge in [0.1, 0.15) is 5.60 Å². The monoisotopic (exact) mass is 192 g/mol. The quantitative estimate of drug-likeness (QED) is 0.585. The Hall–Kier alpha value is -0.740. The van der Waals surface area contributed by atoms with Crippen LogP contribution in [0.5, 0.6) is 0 Å². The summed E-state index contributed by atoms with van der Waals surface area (Å²) in [7, 11) is 0. The molecule has 0 aromatic carbocycles. The minimum Gasteiger partial charge on any atom is -0.377 e. The van der Waals surface area contributed by atoms with E-state index in [9.17, 15) is 5.11 Å². The fraction of sp³-hybridized carbons (Fsp3) is 0.692. The lowest BCUT2D eigenvalue weighted by Crippen LogP contribution is -2.44. The highest BCUT2D eigenvalue weighted by atomic mass is 16.3. The topological polar surface area (TPSA) is 20.2 Å². The molecule has 0 aromatic heterocycles. The van der Waals surface area contributed by atoms with E-state index in [4.69, 9.17) is 0 Å². The molecule has 0 aromatic rings. The highest BCUT2D eigenvalue weighted by molar-refractivity contribution is 5.29. The molecule has 0 radical (unpaired) electrons. The Morgan fingerprint density at radius 2 is 1.86 bits per heavy atom. The lowest BCUT2D eigenvalue weighted by molar-refractivity contribution is -0.0314. The Morgan fingerprint density at radius 3 is 2.29 bits per heavy atom. The van der Waals surface area contributed by atoms with Gasteiger partial charge in [-0.15, -0.1) is 0 Å². The molecule has 0 aliphatic heterocycles. The van der Waals surface area contributed by atoms with Crippen LogP contribution < -0.4 is 0 Å². The molecule has 1 aliphatic carbocycles. The van der Waals surface area contributed by atoms with Gasteiger partial charge in [-0.3, -0.25) is 0 Å². The van der Waals surface area contributed by atoms with Crippen LogP contribution in [0, 0.1) is 23.7 Å². The van der Waals surface area contributed by atoms with E-state index < -0.39 is 5.60 Å². The summed E-state index contributed by atoms with van der Waals surface area (Å²) in [5.74, 6) is 6.48. The van der Waals surface area contributed by atoms with Crippen molar-refractivity contribution in [1.82, 2.24) is 0 Å². The van der Waals surface area contributed by atoms with E-state index in [0.717, 1.165) is 18.4 Å². The van der Waals surface area contributed by atoms with Crippen molar-refractivity contribution in [2.45, 2.75) is 45.6 Å². The standard InChI is InChI=1S/C13H20O/c1-10(2)8-9-13(14)11(3)6-5-7-12(13)4/h11-12,14H,1,5-7H2,2-4H3. The van der Waals surface area contributed by atoms with E-state index in [1.54, 1.807) is 0 Å². The SMILES string of the molecule is C=C(C)C#CC1(O)C(C)CCCC1C. The molecule has 0 amide bonds. The first-order valence-corrected chi connectivity index (χ1v) is 5.38. The van der Waals surface area contributed by atoms with E-state index in [0.29, 0.717) is 0 Å². The Bertz CT molecular complexity index is 269. The summed E-state index contributed by atoms with van der Waals surface area (Å²) in [6, 6.07) is 0. The zero-order valence-corrected chi connectivity index (χ0v) is 9.43. The van der Waals surface area contributed by atoms with Gasteiger partial charge < -0.3 is 5.11 Å². The van der Waals surface area contributed by atoms with Crippen molar-refractivity contribution < 1.29 is 5.11 Å². The highest BCUT2D eigenvalue weighted by Crippen LogP contribution is 2.37. The third kappa shape index (κ3) is 2.19. The Labute approximate surface area is 87.2 Å². The van der Waals surface area contributed by atoms with Gasteiger partial charge in [-0.25, -0.2) is 0 Å². The lowest BCUT2D eigenvalue weighted by Gasteiger charge is -2.39. The van der Waals surface area contributed by atoms with Crippen molar-refractivity contribution >= 4 is 0 Å². The van der Waals surface area contributed by atoms with Crippen LogP contribution in [0.15, 0.2) is 12.2 Å². The maximum atomic E-state index is 10.4. The number of allylic oxidation sites excluding steroid dienone is 1. The molecule has 1 heteroatoms. The summed E-state index contributed by atoms with van der Waals surface area (Å²) in [5.41, 5.74) is 0.0281. The van der Waals surface area contributed by atoms with Gasteiger partial charge in [-0.1, -0.05) is 38.7 Å². The predicted molar refractivity (Wildman–Crippen MR) is 59.7 cm³/mol. The largest absolute Gasteiger partial charge is 0.377 e. The molecular weight excluding hydrogens is 172 g/mol. The summed E-state index contributed by atoms with van der Waals surface area (Å²) >= 11 is 0. The molecule has 0 bridgehead atoms. The fourth-order valence-corrected chi connectivity index (χ4v) is 2.11. The van der Waals surface area contributed by atoms with Crippen LogP contribution in [0.25, 0.3) is 0 Å². The third-order valence-electron chi connectivity index (χ3n) is 3.25. The molecule has 1 rings (SSSR count). The molecule has 78 valence electrons. The van der Waals surface area contributed by atoms with Gasteiger partial charge in [0, 0.05) is 0 Å². The average Bonchev–Trinajstić information content (AvgIpc) is 2.11. The summed E-state index contributed by atoms with van der Waals surface area (Å²) in [6.07, 6.45) is 3.36. The second-order valence-corrected chi connectivity index (χ2v) is 4.59. The van der Waals surface area contributed by atoms with E-state index in [1.165, 1.54) is 6.42 Å². The zero-order chi connectivity index (χ0) is 10.8. The van der Waals surface area contributed by atoms with Crippen molar-refractivity contribution in [2.75, 3.05) is 0 Å². The van der Waals surface area contributed by atoms with Crippen LogP contribution in [-0.2, 0) is 0 Å². The van der Waals surface area contributed by atoms with E-state index >= 15 is 0 Å². The molecule has 1 saturated carbocycles. The molecule has 0 spiro atoms. The van der Waals surface area contributed by atoms with Crippen molar-refractivity contribution in [1.29, 1.82) is 0 Å². The molecule has 0 saturated heterocycles. The first-order valence-electron chi connectivity index (χ1n) is 5.38. The Balaban J connectivity index is 2.89. The van der Waals surface area contributed by atoms with E-state index in [-0.39, 0.29) is 11.8 Å². The van der Waals surface area contributed by atoms with Gasteiger partial charge in [0.25, 0.3) is 0 Å². The summed E-state index contributed by atoms with van der Waals surface area (Å²) < 4.78 is 0. The summed E-state index contributed by atoms with van der Waals surface area (Å²) in [4.78, 5) is 0. The van der Waals surface area contributed by atoms with Crippen LogP contribution in [-0.4, -0.2) is 10.7 Å². The molecule has 1 nitrogen and oxygen atoms in total. The number of rotatable bonds is 0. The smallest absolute Gasteiger partial charge is 0.130 e. The minimum atomic E-state index is -0.794. The minimum absolute atomic E-state index is 0.276. The Morgan fingerprint density at radius 1 is 1.36 bits per heavy atom. The maximum absolute atomic E-state index is 10.4. The van der Waals surface area contributed by atoms with Gasteiger partial charge in [0.2, 0.25) is 0 Å². The molecule has 1 fully saturated rings. The Kier molecular flexibility index (Phi) is 3.39. The third-order valence-corrected chi connectivity index (χ3v) is 3.25. The number of hydrogen-bond donors (Lipinski definition) is 1. The summed E-state index contributed by atoms with van der Waals surface area (Å²) in [6.45, 7) is 9.78. The second kappa shape index (κ2) is 4.19. The van der Waals surface area contributed by atoms with Gasteiger partial charge in [0.05, 0.1) is 0 Å². The van der Waals surface area contributed by atoms with Gasteiger partial charge in [-0.05, 0) is 37.2 Å². The van der Waals surface area contributed by atoms with Crippen molar-refractivity contribution in [2.24, 2.45) is 11.8 Å². The predicted octanol–water partition coefficient (Wildman–Crippen LogP) is 2.75. The normalized spacial score (nSPS) is 37.1. The van der Waals surface area contributed by atoms with Gasteiger partial charge >= 0.3 is 0 Å². The van der Waals surface area contributed by atoms with Crippen LogP contribution in [0.4, 0.5) is 0 Å². The highest BCUT2D eigenvalue weighted by Gasteiger charge is 2.40. The van der Waals surface area contributed by atoms with Crippen molar-refractivity contribution in [3.63, 3.8) is 0 Å². The first-order chi connectivity index (χ1) is 6.47. The molecule has 1 N–H and O–H groups in total. The molecule has 1 aliphatic rings. The fourth-order valence-electron chi connectivity index (χ4n) is 2.11. The van der Waals surface area contributed by atoms with Gasteiger partial charge in [0.15, 0.2) is 0 Å². The molecule has 2 atom stereocenters. The van der Waals surface area contributed by atoms with Gasteiger partial charge in [-0.2, -0.15) is 0 Å². The van der Waals surface area contributed by atoms with E-state index in [2.05, 4.69) is 32.3 Å². The zero-order valence-electron chi connectivity index (χ0n) is 9.43. The molecule has 0 heterocycles. The maximum Gasteiger partial charge on any atom is 0.130 e. The van der Waals surface area contributed by atoms with Crippen LogP contribution in [0.3, 0.4) is 0 Å². The lowest BCUT2D eigenvalue weighted by atomic mass is 9.70. The average molecular weight is 192 g/mol. The van der Waals surface area contributed by atoms with Crippen molar-refractivity contribution in [3.8, 4) is 11.8 Å². The van der Waals surface area contributed by atoms with Crippen LogP contribution in [0.1, 0.15) is 40.0 Å².